The summed E-state index contributed by atoms with van der Waals surface area (Å²) < 4.78 is 5.26. The van der Waals surface area contributed by atoms with Gasteiger partial charge in [0.2, 0.25) is 0 Å². The van der Waals surface area contributed by atoms with E-state index in [-0.39, 0.29) is 18.6 Å². The van der Waals surface area contributed by atoms with Crippen LogP contribution in [0.15, 0.2) is 42.6 Å². The molecule has 1 heterocycles. The summed E-state index contributed by atoms with van der Waals surface area (Å²) in [6.07, 6.45) is 1.65. The fourth-order valence-corrected chi connectivity index (χ4v) is 2.12. The van der Waals surface area contributed by atoms with E-state index in [1.807, 2.05) is 32.0 Å². The minimum absolute atomic E-state index is 0.00424. The lowest BCUT2D eigenvalue weighted by Crippen LogP contribution is -2.25. The van der Waals surface area contributed by atoms with Crippen molar-refractivity contribution in [1.82, 2.24) is 10.3 Å². The van der Waals surface area contributed by atoms with Gasteiger partial charge in [0, 0.05) is 18.8 Å². The van der Waals surface area contributed by atoms with Crippen LogP contribution in [0.1, 0.15) is 29.8 Å². The predicted octanol–water partition coefficient (Wildman–Crippen LogP) is 2.73. The molecule has 2 aromatic rings. The topological polar surface area (TPSA) is 87.0 Å². The molecule has 0 aliphatic carbocycles. The molecular weight excluding hydrogens is 304 g/mol. The standard InChI is InChI=1S/C18H20N4O2/c1-13(2)22-17-16(7-4-9-20-17)18(23)21-12-14-5-3-6-15(11-14)24-10-8-19/h3-7,9,11,13H,10,12H2,1-2H3,(H,20,22)(H,21,23). The second kappa shape index (κ2) is 8.53. The molecule has 124 valence electrons. The molecule has 0 saturated carbocycles. The number of pyridine rings is 1. The number of amides is 1. The highest BCUT2D eigenvalue weighted by molar-refractivity contribution is 5.98. The van der Waals surface area contributed by atoms with Crippen molar-refractivity contribution in [2.75, 3.05) is 11.9 Å². The fourth-order valence-electron chi connectivity index (χ4n) is 2.12. The van der Waals surface area contributed by atoms with Gasteiger partial charge in [0.15, 0.2) is 6.61 Å². The molecule has 6 heteroatoms. The van der Waals surface area contributed by atoms with E-state index in [0.29, 0.717) is 23.7 Å². The third kappa shape index (κ3) is 4.99. The summed E-state index contributed by atoms with van der Waals surface area (Å²) in [5.41, 5.74) is 1.39. The van der Waals surface area contributed by atoms with Gasteiger partial charge in [-0.2, -0.15) is 5.26 Å². The van der Waals surface area contributed by atoms with E-state index in [9.17, 15) is 4.79 Å². The smallest absolute Gasteiger partial charge is 0.255 e. The molecule has 24 heavy (non-hydrogen) atoms. The number of carbonyl (C=O) groups excluding carboxylic acids is 1. The van der Waals surface area contributed by atoms with Gasteiger partial charge in [0.1, 0.15) is 17.6 Å². The number of hydrogen-bond donors (Lipinski definition) is 2. The van der Waals surface area contributed by atoms with Crippen LogP contribution in [0.4, 0.5) is 5.82 Å². The minimum Gasteiger partial charge on any atom is -0.479 e. The summed E-state index contributed by atoms with van der Waals surface area (Å²) in [5.74, 6) is 0.970. The Labute approximate surface area is 141 Å². The molecule has 2 N–H and O–H groups in total. The number of ether oxygens (including phenoxy) is 1. The van der Waals surface area contributed by atoms with Gasteiger partial charge in [-0.25, -0.2) is 4.98 Å². The Bertz CT molecular complexity index is 738. The molecule has 1 amide bonds. The highest BCUT2D eigenvalue weighted by atomic mass is 16.5. The van der Waals surface area contributed by atoms with E-state index in [2.05, 4.69) is 15.6 Å². The Balaban J connectivity index is 2.02. The maximum Gasteiger partial charge on any atom is 0.255 e. The number of anilines is 1. The van der Waals surface area contributed by atoms with Gasteiger partial charge in [-0.15, -0.1) is 0 Å². The fraction of sp³-hybridized carbons (Fsp3) is 0.278. The zero-order valence-corrected chi connectivity index (χ0v) is 13.7. The maximum atomic E-state index is 12.4. The molecule has 0 aliphatic heterocycles. The van der Waals surface area contributed by atoms with Gasteiger partial charge in [-0.05, 0) is 43.7 Å². The summed E-state index contributed by atoms with van der Waals surface area (Å²) in [5, 5.41) is 14.6. The first kappa shape index (κ1) is 17.3. The maximum absolute atomic E-state index is 12.4. The summed E-state index contributed by atoms with van der Waals surface area (Å²) in [7, 11) is 0. The number of rotatable bonds is 7. The Morgan fingerprint density at radius 2 is 2.17 bits per heavy atom. The number of nitriles is 1. The minimum atomic E-state index is -0.199. The van der Waals surface area contributed by atoms with E-state index >= 15 is 0 Å². The molecule has 1 aromatic heterocycles. The Morgan fingerprint density at radius 3 is 2.92 bits per heavy atom. The molecule has 0 bridgehead atoms. The van der Waals surface area contributed by atoms with Crippen molar-refractivity contribution in [1.29, 1.82) is 5.26 Å². The molecule has 0 unspecified atom stereocenters. The zero-order valence-electron chi connectivity index (χ0n) is 13.7. The summed E-state index contributed by atoms with van der Waals surface area (Å²) in [6, 6.07) is 12.9. The van der Waals surface area contributed by atoms with E-state index in [1.165, 1.54) is 0 Å². The van der Waals surface area contributed by atoms with E-state index in [0.717, 1.165) is 5.56 Å². The number of aromatic nitrogens is 1. The molecule has 6 nitrogen and oxygen atoms in total. The molecule has 2 rings (SSSR count). The van der Waals surface area contributed by atoms with Crippen LogP contribution < -0.4 is 15.4 Å². The first-order valence-corrected chi connectivity index (χ1v) is 7.68. The van der Waals surface area contributed by atoms with Crippen molar-refractivity contribution < 1.29 is 9.53 Å². The lowest BCUT2D eigenvalue weighted by molar-refractivity contribution is 0.0951. The van der Waals surface area contributed by atoms with Crippen LogP contribution in [-0.4, -0.2) is 23.5 Å². The lowest BCUT2D eigenvalue weighted by atomic mass is 10.2. The highest BCUT2D eigenvalue weighted by Gasteiger charge is 2.12. The third-order valence-corrected chi connectivity index (χ3v) is 3.13. The average Bonchev–Trinajstić information content (AvgIpc) is 2.58. The summed E-state index contributed by atoms with van der Waals surface area (Å²) in [4.78, 5) is 16.6. The van der Waals surface area contributed by atoms with Crippen LogP contribution in [0.3, 0.4) is 0 Å². The quantitative estimate of drug-likeness (QED) is 0.818. The zero-order chi connectivity index (χ0) is 17.4. The normalized spacial score (nSPS) is 10.1. The molecule has 0 saturated heterocycles. The summed E-state index contributed by atoms with van der Waals surface area (Å²) in [6.45, 7) is 4.33. The van der Waals surface area contributed by atoms with Gasteiger partial charge < -0.3 is 15.4 Å². The van der Waals surface area contributed by atoms with Crippen LogP contribution in [0.5, 0.6) is 5.75 Å². The van der Waals surface area contributed by atoms with Crippen LogP contribution >= 0.6 is 0 Å². The second-order valence-electron chi connectivity index (χ2n) is 5.48. The SMILES string of the molecule is CC(C)Nc1ncccc1C(=O)NCc1cccc(OCC#N)c1. The largest absolute Gasteiger partial charge is 0.479 e. The second-order valence-corrected chi connectivity index (χ2v) is 5.48. The highest BCUT2D eigenvalue weighted by Crippen LogP contribution is 2.15. The predicted molar refractivity (Wildman–Crippen MR) is 91.7 cm³/mol. The number of nitrogens with one attached hydrogen (secondary N) is 2. The van der Waals surface area contributed by atoms with Gasteiger partial charge in [0.25, 0.3) is 5.91 Å². The number of hydrogen-bond acceptors (Lipinski definition) is 5. The van der Waals surface area contributed by atoms with Crippen LogP contribution in [0.25, 0.3) is 0 Å². The van der Waals surface area contributed by atoms with Crippen molar-refractivity contribution in [2.24, 2.45) is 0 Å². The van der Waals surface area contributed by atoms with Crippen molar-refractivity contribution in [3.05, 3.63) is 53.7 Å². The number of benzene rings is 1. The average molecular weight is 324 g/mol. The Hall–Kier alpha value is -3.07. The van der Waals surface area contributed by atoms with Gasteiger partial charge in [-0.1, -0.05) is 12.1 Å². The van der Waals surface area contributed by atoms with Crippen molar-refractivity contribution in [3.8, 4) is 11.8 Å². The Morgan fingerprint density at radius 1 is 1.33 bits per heavy atom. The Kier molecular flexibility index (Phi) is 6.15. The number of nitrogens with zero attached hydrogens (tertiary/aromatic N) is 2. The number of carbonyl (C=O) groups is 1. The molecule has 0 fully saturated rings. The van der Waals surface area contributed by atoms with E-state index in [1.54, 1.807) is 30.5 Å². The molecule has 0 atom stereocenters. The van der Waals surface area contributed by atoms with Crippen molar-refractivity contribution in [3.63, 3.8) is 0 Å². The van der Waals surface area contributed by atoms with Crippen LogP contribution in [-0.2, 0) is 6.54 Å². The van der Waals surface area contributed by atoms with Gasteiger partial charge >= 0.3 is 0 Å². The van der Waals surface area contributed by atoms with Gasteiger partial charge in [-0.3, -0.25) is 4.79 Å². The third-order valence-electron chi connectivity index (χ3n) is 3.13. The molecule has 1 aromatic carbocycles. The molecule has 0 radical (unpaired) electrons. The summed E-state index contributed by atoms with van der Waals surface area (Å²) >= 11 is 0. The molecule has 0 aliphatic rings. The van der Waals surface area contributed by atoms with E-state index < -0.39 is 0 Å². The van der Waals surface area contributed by atoms with Crippen molar-refractivity contribution >= 4 is 11.7 Å². The first-order valence-electron chi connectivity index (χ1n) is 7.68. The lowest BCUT2D eigenvalue weighted by Gasteiger charge is -2.13. The van der Waals surface area contributed by atoms with Crippen LogP contribution in [0, 0.1) is 11.3 Å². The first-order chi connectivity index (χ1) is 11.6. The molecule has 0 spiro atoms. The molecular formula is C18H20N4O2. The monoisotopic (exact) mass is 324 g/mol. The van der Waals surface area contributed by atoms with Gasteiger partial charge in [0.05, 0.1) is 5.56 Å². The van der Waals surface area contributed by atoms with Crippen LogP contribution in [0.2, 0.25) is 0 Å². The van der Waals surface area contributed by atoms with E-state index in [4.69, 9.17) is 10.00 Å². The van der Waals surface area contributed by atoms with Crippen molar-refractivity contribution in [2.45, 2.75) is 26.4 Å².